The molecule has 0 aromatic rings. The predicted octanol–water partition coefficient (Wildman–Crippen LogP) is 2.77. The Morgan fingerprint density at radius 2 is 1.94 bits per heavy atom. The van der Waals surface area contributed by atoms with Crippen molar-refractivity contribution >= 4 is 27.6 Å². The largest absolute Gasteiger partial charge is 0.480 e. The predicted molar refractivity (Wildman–Crippen MR) is 80.1 cm³/mol. The second kappa shape index (κ2) is 9.95. The van der Waals surface area contributed by atoms with Gasteiger partial charge in [-0.3, -0.25) is 4.79 Å². The number of carboxylic acids is 1. The Kier molecular flexibility index (Phi) is 10.00. The van der Waals surface area contributed by atoms with Crippen LogP contribution in [0.1, 0.15) is 40.0 Å². The summed E-state index contributed by atoms with van der Waals surface area (Å²) in [6, 6.07) is -0.748. The summed E-state index contributed by atoms with van der Waals surface area (Å²) in [5, 5.41) is 8.59. The maximum Gasteiger partial charge on any atom is 0.321 e. The molecule has 0 aliphatic heterocycles. The van der Waals surface area contributed by atoms with Crippen molar-refractivity contribution < 1.29 is 14.6 Å². The van der Waals surface area contributed by atoms with E-state index in [4.69, 9.17) is 15.6 Å². The Hall–Kier alpha value is 0.0900. The van der Waals surface area contributed by atoms with Crippen LogP contribution in [0.4, 0.5) is 0 Å². The van der Waals surface area contributed by atoms with Gasteiger partial charge in [0.05, 0.1) is 5.60 Å². The van der Waals surface area contributed by atoms with E-state index in [1.54, 1.807) is 10.8 Å². The smallest absolute Gasteiger partial charge is 0.321 e. The van der Waals surface area contributed by atoms with Crippen LogP contribution in [0.25, 0.3) is 0 Å². The molecule has 4 nitrogen and oxygen atoms in total. The topological polar surface area (TPSA) is 72.5 Å². The third-order valence-corrected chi connectivity index (χ3v) is 4.58. The van der Waals surface area contributed by atoms with Gasteiger partial charge in [-0.2, -0.15) is 0 Å². The van der Waals surface area contributed by atoms with Crippen LogP contribution >= 0.6 is 21.6 Å². The first-order valence-electron chi connectivity index (χ1n) is 6.19. The van der Waals surface area contributed by atoms with Gasteiger partial charge in [0.2, 0.25) is 0 Å². The molecule has 0 aromatic carbocycles. The third kappa shape index (κ3) is 12.5. The van der Waals surface area contributed by atoms with Crippen molar-refractivity contribution in [2.75, 3.05) is 18.1 Å². The standard InChI is InChI=1S/C12H25NO3S2/c1-12(2,3)16-7-5-4-6-8-17-18-9-10(13)11(14)15/h10H,4-9,13H2,1-3H3,(H,14,15). The van der Waals surface area contributed by atoms with E-state index in [-0.39, 0.29) is 5.60 Å². The number of ether oxygens (including phenoxy) is 1. The molecule has 0 bridgehead atoms. The van der Waals surface area contributed by atoms with Crippen LogP contribution in [0, 0.1) is 0 Å². The summed E-state index contributed by atoms with van der Waals surface area (Å²) >= 11 is 0. The number of hydrogen-bond acceptors (Lipinski definition) is 5. The van der Waals surface area contributed by atoms with Gasteiger partial charge in [0, 0.05) is 18.1 Å². The average Bonchev–Trinajstić information content (AvgIpc) is 2.24. The fourth-order valence-corrected chi connectivity index (χ4v) is 3.33. The summed E-state index contributed by atoms with van der Waals surface area (Å²) in [4.78, 5) is 10.5. The molecule has 0 aliphatic rings. The lowest BCUT2D eigenvalue weighted by Crippen LogP contribution is -2.32. The first-order chi connectivity index (χ1) is 8.33. The zero-order valence-electron chi connectivity index (χ0n) is 11.5. The molecule has 0 amide bonds. The lowest BCUT2D eigenvalue weighted by Gasteiger charge is -2.19. The van der Waals surface area contributed by atoms with Crippen LogP contribution < -0.4 is 5.73 Å². The minimum atomic E-state index is -0.928. The lowest BCUT2D eigenvalue weighted by molar-refractivity contribution is -0.137. The molecule has 0 radical (unpaired) electrons. The van der Waals surface area contributed by atoms with Crippen LogP contribution in [0.5, 0.6) is 0 Å². The number of aliphatic carboxylic acids is 1. The Morgan fingerprint density at radius 1 is 1.28 bits per heavy atom. The molecule has 0 saturated carbocycles. The summed E-state index contributed by atoms with van der Waals surface area (Å²) in [5.41, 5.74) is 5.34. The van der Waals surface area contributed by atoms with Gasteiger partial charge in [-0.1, -0.05) is 28.0 Å². The maximum absolute atomic E-state index is 10.5. The van der Waals surface area contributed by atoms with E-state index in [0.717, 1.165) is 31.6 Å². The summed E-state index contributed by atoms with van der Waals surface area (Å²) in [6.45, 7) is 6.99. The molecular weight excluding hydrogens is 270 g/mol. The third-order valence-electron chi connectivity index (χ3n) is 2.06. The molecule has 0 aliphatic carbocycles. The zero-order valence-corrected chi connectivity index (χ0v) is 13.1. The highest BCUT2D eigenvalue weighted by atomic mass is 33.1. The molecule has 6 heteroatoms. The van der Waals surface area contributed by atoms with Crippen molar-refractivity contribution in [1.82, 2.24) is 0 Å². The van der Waals surface area contributed by atoms with E-state index < -0.39 is 12.0 Å². The molecule has 0 spiro atoms. The van der Waals surface area contributed by atoms with Crippen LogP contribution in [0.2, 0.25) is 0 Å². The van der Waals surface area contributed by atoms with E-state index in [1.807, 2.05) is 0 Å². The molecule has 108 valence electrons. The van der Waals surface area contributed by atoms with Crippen LogP contribution in [0.3, 0.4) is 0 Å². The fraction of sp³-hybridized carbons (Fsp3) is 0.917. The number of hydrogen-bond donors (Lipinski definition) is 2. The summed E-state index contributed by atoms with van der Waals surface area (Å²) in [7, 11) is 3.23. The van der Waals surface area contributed by atoms with Crippen LogP contribution in [-0.4, -0.2) is 40.8 Å². The normalized spacial score (nSPS) is 13.6. The van der Waals surface area contributed by atoms with Crippen molar-refractivity contribution in [3.05, 3.63) is 0 Å². The highest BCUT2D eigenvalue weighted by Crippen LogP contribution is 2.23. The number of carbonyl (C=O) groups is 1. The second-order valence-electron chi connectivity index (χ2n) is 5.07. The molecule has 0 rings (SSSR count). The molecule has 0 saturated heterocycles. The Labute approximate surface area is 118 Å². The van der Waals surface area contributed by atoms with E-state index in [1.165, 1.54) is 10.8 Å². The number of carboxylic acid groups (broad SMARTS) is 1. The molecule has 0 heterocycles. The SMILES string of the molecule is CC(C)(C)OCCCCCSSCC(N)C(=O)O. The Balaban J connectivity index is 3.20. The molecule has 1 atom stereocenters. The van der Waals surface area contributed by atoms with Gasteiger partial charge in [0.1, 0.15) is 6.04 Å². The molecule has 0 fully saturated rings. The monoisotopic (exact) mass is 295 g/mol. The van der Waals surface area contributed by atoms with E-state index in [9.17, 15) is 4.79 Å². The summed E-state index contributed by atoms with van der Waals surface area (Å²) in [5.74, 6) is 0.571. The number of unbranched alkanes of at least 4 members (excludes halogenated alkanes) is 2. The first-order valence-corrected chi connectivity index (χ1v) is 8.68. The van der Waals surface area contributed by atoms with Crippen molar-refractivity contribution in [1.29, 1.82) is 0 Å². The van der Waals surface area contributed by atoms with Crippen LogP contribution in [0.15, 0.2) is 0 Å². The Bertz CT molecular complexity index is 232. The lowest BCUT2D eigenvalue weighted by atomic mass is 10.2. The maximum atomic E-state index is 10.5. The summed E-state index contributed by atoms with van der Waals surface area (Å²) < 4.78 is 5.62. The van der Waals surface area contributed by atoms with Gasteiger partial charge in [0.25, 0.3) is 0 Å². The number of nitrogens with two attached hydrogens (primary N) is 1. The fourth-order valence-electron chi connectivity index (χ4n) is 1.07. The van der Waals surface area contributed by atoms with Gasteiger partial charge in [-0.05, 0) is 33.6 Å². The van der Waals surface area contributed by atoms with Gasteiger partial charge in [-0.25, -0.2) is 0 Å². The Morgan fingerprint density at radius 3 is 2.50 bits per heavy atom. The van der Waals surface area contributed by atoms with Crippen molar-refractivity contribution in [3.63, 3.8) is 0 Å². The van der Waals surface area contributed by atoms with E-state index in [2.05, 4.69) is 20.8 Å². The van der Waals surface area contributed by atoms with Gasteiger partial charge in [0.15, 0.2) is 0 Å². The minimum absolute atomic E-state index is 0.0441. The molecule has 0 aromatic heterocycles. The summed E-state index contributed by atoms with van der Waals surface area (Å²) in [6.07, 6.45) is 3.36. The molecular formula is C12H25NO3S2. The zero-order chi connectivity index (χ0) is 14.0. The van der Waals surface area contributed by atoms with Crippen molar-refractivity contribution in [2.45, 2.75) is 51.7 Å². The first kappa shape index (κ1) is 18.1. The molecule has 18 heavy (non-hydrogen) atoms. The minimum Gasteiger partial charge on any atom is -0.480 e. The van der Waals surface area contributed by atoms with Crippen molar-refractivity contribution in [3.8, 4) is 0 Å². The van der Waals surface area contributed by atoms with Crippen LogP contribution in [-0.2, 0) is 9.53 Å². The second-order valence-corrected chi connectivity index (χ2v) is 7.70. The highest BCUT2D eigenvalue weighted by molar-refractivity contribution is 8.76. The van der Waals surface area contributed by atoms with Gasteiger partial charge < -0.3 is 15.6 Å². The van der Waals surface area contributed by atoms with Gasteiger partial charge >= 0.3 is 5.97 Å². The molecule has 3 N–H and O–H groups in total. The average molecular weight is 295 g/mol. The number of rotatable bonds is 10. The van der Waals surface area contributed by atoms with E-state index >= 15 is 0 Å². The highest BCUT2D eigenvalue weighted by Gasteiger charge is 2.11. The molecule has 1 unspecified atom stereocenters. The van der Waals surface area contributed by atoms with Crippen molar-refractivity contribution in [2.24, 2.45) is 5.73 Å². The quantitative estimate of drug-likeness (QED) is 0.477. The van der Waals surface area contributed by atoms with Gasteiger partial charge in [-0.15, -0.1) is 0 Å². The van der Waals surface area contributed by atoms with E-state index in [0.29, 0.717) is 5.75 Å².